The SMILES string of the molecule is O=C(NCCn1ccnn1)C(F)(F)F. The molecule has 0 saturated carbocycles. The summed E-state index contributed by atoms with van der Waals surface area (Å²) in [5.41, 5.74) is 0. The summed E-state index contributed by atoms with van der Waals surface area (Å²) in [5.74, 6) is -1.95. The van der Waals surface area contributed by atoms with E-state index in [2.05, 4.69) is 10.3 Å². The number of nitrogens with zero attached hydrogens (tertiary/aromatic N) is 3. The number of carbonyl (C=O) groups is 1. The molecular weight excluding hydrogens is 201 g/mol. The van der Waals surface area contributed by atoms with Crippen molar-refractivity contribution < 1.29 is 18.0 Å². The lowest BCUT2D eigenvalue weighted by molar-refractivity contribution is -0.173. The molecule has 1 aromatic rings. The van der Waals surface area contributed by atoms with Gasteiger partial charge < -0.3 is 5.32 Å². The largest absolute Gasteiger partial charge is 0.471 e. The minimum absolute atomic E-state index is 0.137. The highest BCUT2D eigenvalue weighted by Gasteiger charge is 2.38. The first-order valence-corrected chi connectivity index (χ1v) is 3.69. The van der Waals surface area contributed by atoms with E-state index in [1.165, 1.54) is 17.1 Å². The van der Waals surface area contributed by atoms with Crippen LogP contribution in [-0.2, 0) is 11.3 Å². The van der Waals surface area contributed by atoms with E-state index in [9.17, 15) is 18.0 Å². The summed E-state index contributed by atoms with van der Waals surface area (Å²) < 4.78 is 36.3. The summed E-state index contributed by atoms with van der Waals surface area (Å²) in [7, 11) is 0. The van der Waals surface area contributed by atoms with Gasteiger partial charge in [0.15, 0.2) is 0 Å². The van der Waals surface area contributed by atoms with Gasteiger partial charge in [0.25, 0.3) is 0 Å². The molecule has 0 spiro atoms. The zero-order valence-corrected chi connectivity index (χ0v) is 6.95. The number of aromatic nitrogens is 3. The molecule has 1 heterocycles. The average Bonchev–Trinajstić information content (AvgIpc) is 2.55. The van der Waals surface area contributed by atoms with Gasteiger partial charge in [-0.3, -0.25) is 9.48 Å². The molecule has 0 aromatic carbocycles. The van der Waals surface area contributed by atoms with Crippen molar-refractivity contribution in [3.8, 4) is 0 Å². The minimum Gasteiger partial charge on any atom is -0.346 e. The Labute approximate surface area is 76.9 Å². The molecule has 0 aliphatic heterocycles. The maximum absolute atomic E-state index is 11.7. The van der Waals surface area contributed by atoms with Crippen molar-refractivity contribution in [2.24, 2.45) is 0 Å². The molecule has 0 aliphatic rings. The second kappa shape index (κ2) is 4.07. The van der Waals surface area contributed by atoms with E-state index < -0.39 is 12.1 Å². The molecule has 1 N–H and O–H groups in total. The van der Waals surface area contributed by atoms with Crippen LogP contribution in [-0.4, -0.2) is 33.6 Å². The van der Waals surface area contributed by atoms with Crippen molar-refractivity contribution in [2.75, 3.05) is 6.54 Å². The van der Waals surface area contributed by atoms with Gasteiger partial charge in [-0.05, 0) is 0 Å². The highest BCUT2D eigenvalue weighted by Crippen LogP contribution is 2.13. The molecule has 0 saturated heterocycles. The minimum atomic E-state index is -4.83. The molecule has 78 valence electrons. The van der Waals surface area contributed by atoms with Gasteiger partial charge >= 0.3 is 12.1 Å². The summed E-state index contributed by atoms with van der Waals surface area (Å²) in [6, 6.07) is 0. The maximum atomic E-state index is 11.7. The number of carbonyl (C=O) groups excluding carboxylic acids is 1. The molecule has 0 aliphatic carbocycles. The number of amides is 1. The van der Waals surface area contributed by atoms with Crippen LogP contribution >= 0.6 is 0 Å². The molecule has 1 amide bonds. The van der Waals surface area contributed by atoms with Crippen molar-refractivity contribution in [3.63, 3.8) is 0 Å². The topological polar surface area (TPSA) is 59.8 Å². The number of hydrogen-bond acceptors (Lipinski definition) is 3. The van der Waals surface area contributed by atoms with Crippen LogP contribution < -0.4 is 5.32 Å². The molecule has 1 aromatic heterocycles. The summed E-state index contributed by atoms with van der Waals surface area (Å²) in [6.07, 6.45) is -1.95. The van der Waals surface area contributed by atoms with Crippen LogP contribution in [0.2, 0.25) is 0 Å². The van der Waals surface area contributed by atoms with Crippen molar-refractivity contribution in [2.45, 2.75) is 12.7 Å². The van der Waals surface area contributed by atoms with Crippen LogP contribution in [0.25, 0.3) is 0 Å². The lowest BCUT2D eigenvalue weighted by Gasteiger charge is -2.06. The predicted octanol–water partition coefficient (Wildman–Crippen LogP) is -0.0434. The van der Waals surface area contributed by atoms with E-state index in [0.29, 0.717) is 0 Å². The van der Waals surface area contributed by atoms with Crippen LogP contribution in [0.5, 0.6) is 0 Å². The summed E-state index contributed by atoms with van der Waals surface area (Å²) in [4.78, 5) is 10.3. The third kappa shape index (κ3) is 3.04. The fourth-order valence-electron chi connectivity index (χ4n) is 0.736. The number of hydrogen-bond donors (Lipinski definition) is 1. The fourth-order valence-corrected chi connectivity index (χ4v) is 0.736. The van der Waals surface area contributed by atoms with Crippen LogP contribution in [0.3, 0.4) is 0 Å². The first-order chi connectivity index (χ1) is 6.50. The van der Waals surface area contributed by atoms with E-state index in [-0.39, 0.29) is 13.1 Å². The predicted molar refractivity (Wildman–Crippen MR) is 39.1 cm³/mol. The van der Waals surface area contributed by atoms with Gasteiger partial charge in [-0.2, -0.15) is 13.2 Å². The first-order valence-electron chi connectivity index (χ1n) is 3.69. The molecule has 8 heteroatoms. The Kier molecular flexibility index (Phi) is 3.05. The van der Waals surface area contributed by atoms with E-state index in [1.54, 1.807) is 5.32 Å². The van der Waals surface area contributed by atoms with Crippen molar-refractivity contribution in [1.82, 2.24) is 20.3 Å². The Bertz CT molecular complexity index is 295. The maximum Gasteiger partial charge on any atom is 0.471 e. The number of rotatable bonds is 3. The van der Waals surface area contributed by atoms with Crippen LogP contribution in [0.4, 0.5) is 13.2 Å². The zero-order chi connectivity index (χ0) is 10.6. The molecule has 0 atom stereocenters. The smallest absolute Gasteiger partial charge is 0.346 e. The Morgan fingerprint density at radius 1 is 1.50 bits per heavy atom. The van der Waals surface area contributed by atoms with Crippen LogP contribution in [0.1, 0.15) is 0 Å². The number of halogens is 3. The molecule has 5 nitrogen and oxygen atoms in total. The van der Waals surface area contributed by atoms with Gasteiger partial charge in [0, 0.05) is 12.7 Å². The molecule has 0 unspecified atom stereocenters. The molecule has 0 fully saturated rings. The van der Waals surface area contributed by atoms with Crippen LogP contribution in [0, 0.1) is 0 Å². The van der Waals surface area contributed by atoms with Gasteiger partial charge in [0.05, 0.1) is 12.7 Å². The van der Waals surface area contributed by atoms with E-state index in [1.807, 2.05) is 0 Å². The lowest BCUT2D eigenvalue weighted by Crippen LogP contribution is -2.38. The Hall–Kier alpha value is -1.60. The first kappa shape index (κ1) is 10.5. The van der Waals surface area contributed by atoms with Crippen molar-refractivity contribution in [1.29, 1.82) is 0 Å². The molecule has 14 heavy (non-hydrogen) atoms. The Morgan fingerprint density at radius 3 is 2.71 bits per heavy atom. The quantitative estimate of drug-likeness (QED) is 0.758. The number of alkyl halides is 3. The average molecular weight is 208 g/mol. The second-order valence-corrected chi connectivity index (χ2v) is 2.42. The Morgan fingerprint density at radius 2 is 2.21 bits per heavy atom. The van der Waals surface area contributed by atoms with E-state index in [0.717, 1.165) is 0 Å². The summed E-state index contributed by atoms with van der Waals surface area (Å²) in [6.45, 7) is 0.0174. The van der Waals surface area contributed by atoms with Gasteiger partial charge in [-0.1, -0.05) is 5.21 Å². The van der Waals surface area contributed by atoms with Gasteiger partial charge in [-0.25, -0.2) is 0 Å². The standard InChI is InChI=1S/C6H7F3N4O/c7-6(8,9)5(14)10-1-3-13-4-2-11-12-13/h2,4H,1,3H2,(H,10,14). The normalized spacial score (nSPS) is 11.4. The second-order valence-electron chi connectivity index (χ2n) is 2.42. The van der Waals surface area contributed by atoms with E-state index in [4.69, 9.17) is 0 Å². The monoisotopic (exact) mass is 208 g/mol. The Balaban J connectivity index is 2.26. The van der Waals surface area contributed by atoms with Gasteiger partial charge in [0.1, 0.15) is 0 Å². The van der Waals surface area contributed by atoms with E-state index >= 15 is 0 Å². The molecule has 0 bridgehead atoms. The molecule has 1 rings (SSSR count). The highest BCUT2D eigenvalue weighted by molar-refractivity contribution is 5.81. The fraction of sp³-hybridized carbons (Fsp3) is 0.500. The third-order valence-corrected chi connectivity index (χ3v) is 1.36. The summed E-state index contributed by atoms with van der Waals surface area (Å²) in [5, 5.41) is 8.66. The van der Waals surface area contributed by atoms with Crippen molar-refractivity contribution in [3.05, 3.63) is 12.4 Å². The van der Waals surface area contributed by atoms with Crippen LogP contribution in [0.15, 0.2) is 12.4 Å². The van der Waals surface area contributed by atoms with Gasteiger partial charge in [0.2, 0.25) is 0 Å². The third-order valence-electron chi connectivity index (χ3n) is 1.36. The lowest BCUT2D eigenvalue weighted by atomic mass is 10.5. The molecule has 0 radical (unpaired) electrons. The molecular formula is C6H7F3N4O. The van der Waals surface area contributed by atoms with Crippen molar-refractivity contribution >= 4 is 5.91 Å². The summed E-state index contributed by atoms with van der Waals surface area (Å²) >= 11 is 0. The zero-order valence-electron chi connectivity index (χ0n) is 6.95. The number of nitrogens with one attached hydrogen (secondary N) is 1. The van der Waals surface area contributed by atoms with Gasteiger partial charge in [-0.15, -0.1) is 5.10 Å². The highest BCUT2D eigenvalue weighted by atomic mass is 19.4.